The van der Waals surface area contributed by atoms with Crippen LogP contribution in [0.4, 0.5) is 0 Å². The molecule has 1 heteroatoms. The van der Waals surface area contributed by atoms with E-state index in [2.05, 4.69) is 31.2 Å². The Bertz CT molecular complexity index is 483. The van der Waals surface area contributed by atoms with Crippen LogP contribution in [0.15, 0.2) is 24.3 Å². The Kier molecular flexibility index (Phi) is 3.37. The van der Waals surface area contributed by atoms with Gasteiger partial charge in [-0.1, -0.05) is 31.2 Å². The van der Waals surface area contributed by atoms with E-state index in [1.165, 1.54) is 44.1 Å². The van der Waals surface area contributed by atoms with Crippen LogP contribution in [0.3, 0.4) is 0 Å². The summed E-state index contributed by atoms with van der Waals surface area (Å²) in [6.07, 6.45) is 10.4. The first-order chi connectivity index (χ1) is 10.2. The van der Waals surface area contributed by atoms with Gasteiger partial charge >= 0.3 is 0 Å². The zero-order chi connectivity index (χ0) is 14.4. The first-order valence-electron chi connectivity index (χ1n) is 8.93. The summed E-state index contributed by atoms with van der Waals surface area (Å²) in [5.74, 6) is 2.93. The summed E-state index contributed by atoms with van der Waals surface area (Å²) >= 11 is 0. The monoisotopic (exact) mass is 284 g/mol. The van der Waals surface area contributed by atoms with Gasteiger partial charge in [-0.2, -0.15) is 0 Å². The van der Waals surface area contributed by atoms with Gasteiger partial charge in [0.15, 0.2) is 0 Å². The molecule has 1 atom stereocenters. The SMILES string of the molecule is CCc1cccc(C(O)CC23CC4CC(CC(C4)C2)C3)c1. The Morgan fingerprint density at radius 3 is 2.29 bits per heavy atom. The van der Waals surface area contributed by atoms with Crippen LogP contribution in [0.2, 0.25) is 0 Å². The quantitative estimate of drug-likeness (QED) is 0.834. The van der Waals surface area contributed by atoms with Crippen LogP contribution < -0.4 is 0 Å². The molecule has 1 aromatic carbocycles. The molecule has 0 aliphatic heterocycles. The first kappa shape index (κ1) is 13.8. The lowest BCUT2D eigenvalue weighted by Gasteiger charge is -2.57. The van der Waals surface area contributed by atoms with Crippen LogP contribution in [-0.4, -0.2) is 5.11 Å². The highest BCUT2D eigenvalue weighted by molar-refractivity contribution is 5.25. The zero-order valence-electron chi connectivity index (χ0n) is 13.2. The molecule has 4 fully saturated rings. The second-order valence-corrected chi connectivity index (χ2v) is 8.24. The maximum absolute atomic E-state index is 10.8. The molecule has 1 nitrogen and oxygen atoms in total. The molecule has 114 valence electrons. The summed E-state index contributed by atoms with van der Waals surface area (Å²) in [6.45, 7) is 2.19. The van der Waals surface area contributed by atoms with E-state index in [4.69, 9.17) is 0 Å². The average molecular weight is 284 g/mol. The van der Waals surface area contributed by atoms with Crippen LogP contribution in [0, 0.1) is 23.2 Å². The van der Waals surface area contributed by atoms with Crippen LogP contribution in [0.1, 0.15) is 69.1 Å². The van der Waals surface area contributed by atoms with Gasteiger partial charge in [0, 0.05) is 0 Å². The summed E-state index contributed by atoms with van der Waals surface area (Å²) in [5.41, 5.74) is 2.96. The van der Waals surface area contributed by atoms with Crippen molar-refractivity contribution in [3.8, 4) is 0 Å². The van der Waals surface area contributed by atoms with Gasteiger partial charge in [0.25, 0.3) is 0 Å². The number of hydrogen-bond donors (Lipinski definition) is 1. The van der Waals surface area contributed by atoms with E-state index in [9.17, 15) is 5.11 Å². The van der Waals surface area contributed by atoms with Crippen molar-refractivity contribution in [2.45, 2.75) is 64.4 Å². The van der Waals surface area contributed by atoms with Crippen LogP contribution in [0.25, 0.3) is 0 Å². The highest BCUT2D eigenvalue weighted by atomic mass is 16.3. The molecule has 5 rings (SSSR count). The molecule has 0 amide bonds. The molecule has 0 spiro atoms. The van der Waals surface area contributed by atoms with Gasteiger partial charge in [0.2, 0.25) is 0 Å². The third-order valence-corrected chi connectivity index (χ3v) is 6.54. The van der Waals surface area contributed by atoms with E-state index in [-0.39, 0.29) is 6.10 Å². The smallest absolute Gasteiger partial charge is 0.0795 e. The summed E-state index contributed by atoms with van der Waals surface area (Å²) in [7, 11) is 0. The predicted molar refractivity (Wildman–Crippen MR) is 86.0 cm³/mol. The summed E-state index contributed by atoms with van der Waals surface area (Å²) < 4.78 is 0. The zero-order valence-corrected chi connectivity index (χ0v) is 13.2. The molecule has 4 bridgehead atoms. The number of aliphatic hydroxyl groups is 1. The average Bonchev–Trinajstić information content (AvgIpc) is 2.45. The molecular formula is C20H28O. The van der Waals surface area contributed by atoms with Crippen LogP contribution >= 0.6 is 0 Å². The fourth-order valence-corrected chi connectivity index (χ4v) is 6.09. The number of benzene rings is 1. The largest absolute Gasteiger partial charge is 0.388 e. The summed E-state index contributed by atoms with van der Waals surface area (Å²) in [5, 5.41) is 10.8. The van der Waals surface area contributed by atoms with Crippen molar-refractivity contribution in [1.29, 1.82) is 0 Å². The highest BCUT2D eigenvalue weighted by Crippen LogP contribution is 2.62. The third kappa shape index (κ3) is 2.54. The third-order valence-electron chi connectivity index (χ3n) is 6.54. The van der Waals surface area contributed by atoms with E-state index in [0.717, 1.165) is 36.2 Å². The molecule has 1 N–H and O–H groups in total. The summed E-state index contributed by atoms with van der Waals surface area (Å²) in [4.78, 5) is 0. The molecule has 4 aliphatic rings. The van der Waals surface area contributed by atoms with E-state index >= 15 is 0 Å². The molecule has 0 aromatic heterocycles. The van der Waals surface area contributed by atoms with Crippen molar-refractivity contribution >= 4 is 0 Å². The van der Waals surface area contributed by atoms with Crippen molar-refractivity contribution in [3.63, 3.8) is 0 Å². The van der Waals surface area contributed by atoms with Gasteiger partial charge in [-0.15, -0.1) is 0 Å². The maximum atomic E-state index is 10.8. The van der Waals surface area contributed by atoms with Crippen molar-refractivity contribution in [1.82, 2.24) is 0 Å². The van der Waals surface area contributed by atoms with Gasteiger partial charge in [0.05, 0.1) is 6.10 Å². The van der Waals surface area contributed by atoms with Gasteiger partial charge < -0.3 is 5.11 Å². The van der Waals surface area contributed by atoms with Gasteiger partial charge in [-0.3, -0.25) is 0 Å². The molecule has 4 aliphatic carbocycles. The maximum Gasteiger partial charge on any atom is 0.0795 e. The highest BCUT2D eigenvalue weighted by Gasteiger charge is 2.51. The molecule has 21 heavy (non-hydrogen) atoms. The topological polar surface area (TPSA) is 20.2 Å². The molecule has 4 saturated carbocycles. The Morgan fingerprint density at radius 2 is 1.71 bits per heavy atom. The number of hydrogen-bond acceptors (Lipinski definition) is 1. The van der Waals surface area contributed by atoms with Crippen molar-refractivity contribution < 1.29 is 5.11 Å². The minimum Gasteiger partial charge on any atom is -0.388 e. The van der Waals surface area contributed by atoms with E-state index in [1.54, 1.807) is 0 Å². The van der Waals surface area contributed by atoms with E-state index < -0.39 is 0 Å². The Balaban J connectivity index is 1.52. The normalized spacial score (nSPS) is 38.7. The first-order valence-corrected chi connectivity index (χ1v) is 8.93. The predicted octanol–water partition coefficient (Wildman–Crippen LogP) is 4.89. The molecule has 0 radical (unpaired) electrons. The Morgan fingerprint density at radius 1 is 1.10 bits per heavy atom. The van der Waals surface area contributed by atoms with Crippen LogP contribution in [0.5, 0.6) is 0 Å². The number of rotatable bonds is 4. The lowest BCUT2D eigenvalue weighted by molar-refractivity contribution is -0.0764. The van der Waals surface area contributed by atoms with E-state index in [1.807, 2.05) is 0 Å². The summed E-state index contributed by atoms with van der Waals surface area (Å²) in [6, 6.07) is 8.60. The van der Waals surface area contributed by atoms with Gasteiger partial charge in [-0.05, 0) is 85.7 Å². The van der Waals surface area contributed by atoms with Crippen molar-refractivity contribution in [3.05, 3.63) is 35.4 Å². The standard InChI is InChI=1S/C20H28O/c1-2-14-4-3-5-18(9-14)19(21)13-20-10-15-6-16(11-20)8-17(7-15)12-20/h3-5,9,15-17,19,21H,2,6-8,10-13H2,1H3. The molecule has 0 heterocycles. The molecular weight excluding hydrogens is 256 g/mol. The van der Waals surface area contributed by atoms with E-state index in [0.29, 0.717) is 5.41 Å². The number of aliphatic hydroxyl groups excluding tert-OH is 1. The second kappa shape index (κ2) is 5.12. The van der Waals surface area contributed by atoms with Gasteiger partial charge in [0.1, 0.15) is 0 Å². The number of aryl methyl sites for hydroxylation is 1. The second-order valence-electron chi connectivity index (χ2n) is 8.24. The van der Waals surface area contributed by atoms with Crippen molar-refractivity contribution in [2.24, 2.45) is 23.2 Å². The fraction of sp³-hybridized carbons (Fsp3) is 0.700. The van der Waals surface area contributed by atoms with Crippen LogP contribution in [-0.2, 0) is 6.42 Å². The molecule has 1 aromatic rings. The molecule has 0 saturated heterocycles. The van der Waals surface area contributed by atoms with Crippen molar-refractivity contribution in [2.75, 3.05) is 0 Å². The lowest BCUT2D eigenvalue weighted by Crippen LogP contribution is -2.46. The molecule has 1 unspecified atom stereocenters. The Labute approximate surface area is 128 Å². The van der Waals surface area contributed by atoms with Gasteiger partial charge in [-0.25, -0.2) is 0 Å². The Hall–Kier alpha value is -0.820. The minimum atomic E-state index is -0.257. The lowest BCUT2D eigenvalue weighted by atomic mass is 9.48. The fourth-order valence-electron chi connectivity index (χ4n) is 6.09. The minimum absolute atomic E-state index is 0.257.